The molecule has 1 saturated heterocycles. The number of aliphatic hydroxyl groups excluding tert-OH is 1. The number of aliphatic hydroxyl groups is 1. The van der Waals surface area contributed by atoms with Gasteiger partial charge in [-0.1, -0.05) is 29.8 Å². The van der Waals surface area contributed by atoms with Crippen LogP contribution in [0.2, 0.25) is 0 Å². The van der Waals surface area contributed by atoms with Crippen LogP contribution in [0.3, 0.4) is 0 Å². The number of β-amino-alcohol motifs (C(OH)–C–C–N with tert-alkyl or cyclic N) is 1. The second-order valence-corrected chi connectivity index (χ2v) is 7.30. The number of aryl methyl sites for hydroxylation is 1. The van der Waals surface area contributed by atoms with Crippen LogP contribution < -0.4 is 0 Å². The average Bonchev–Trinajstić information content (AvgIpc) is 3.41. The zero-order valence-corrected chi connectivity index (χ0v) is 15.4. The van der Waals surface area contributed by atoms with E-state index in [-0.39, 0.29) is 5.92 Å². The van der Waals surface area contributed by atoms with Gasteiger partial charge in [0, 0.05) is 45.2 Å². The SMILES string of the molecule is CCOCC(O)CN1CCN(C(=O)C2CC2c2cccc(C)c2)CC1. The van der Waals surface area contributed by atoms with Gasteiger partial charge in [-0.15, -0.1) is 0 Å². The van der Waals surface area contributed by atoms with Gasteiger partial charge in [-0.25, -0.2) is 0 Å². The molecule has 1 heterocycles. The summed E-state index contributed by atoms with van der Waals surface area (Å²) < 4.78 is 5.26. The molecular weight excluding hydrogens is 316 g/mol. The van der Waals surface area contributed by atoms with Crippen molar-refractivity contribution >= 4 is 5.91 Å². The van der Waals surface area contributed by atoms with Gasteiger partial charge in [-0.05, 0) is 31.7 Å². The van der Waals surface area contributed by atoms with Gasteiger partial charge in [0.2, 0.25) is 5.91 Å². The van der Waals surface area contributed by atoms with Crippen LogP contribution in [0.15, 0.2) is 24.3 Å². The number of ether oxygens (including phenoxy) is 1. The molecule has 0 bridgehead atoms. The van der Waals surface area contributed by atoms with Crippen LogP contribution in [0.4, 0.5) is 0 Å². The minimum atomic E-state index is -0.448. The fourth-order valence-electron chi connectivity index (χ4n) is 3.73. The summed E-state index contributed by atoms with van der Waals surface area (Å²) in [5.41, 5.74) is 2.56. The van der Waals surface area contributed by atoms with E-state index < -0.39 is 6.10 Å². The minimum absolute atomic E-state index is 0.164. The normalized spacial score (nSPS) is 25.0. The summed E-state index contributed by atoms with van der Waals surface area (Å²) in [6, 6.07) is 8.52. The van der Waals surface area contributed by atoms with Crippen LogP contribution >= 0.6 is 0 Å². The number of rotatable bonds is 7. The molecule has 1 aliphatic heterocycles. The highest BCUT2D eigenvalue weighted by Gasteiger charge is 2.46. The number of hydrogen-bond donors (Lipinski definition) is 1. The zero-order valence-electron chi connectivity index (χ0n) is 15.4. The summed E-state index contributed by atoms with van der Waals surface area (Å²) >= 11 is 0. The fraction of sp³-hybridized carbons (Fsp3) is 0.650. The van der Waals surface area contributed by atoms with Gasteiger partial charge in [0.25, 0.3) is 0 Å². The van der Waals surface area contributed by atoms with Crippen molar-refractivity contribution in [3.05, 3.63) is 35.4 Å². The van der Waals surface area contributed by atoms with Crippen LogP contribution in [0.5, 0.6) is 0 Å². The Balaban J connectivity index is 1.43. The van der Waals surface area contributed by atoms with Crippen molar-refractivity contribution in [3.63, 3.8) is 0 Å². The first-order chi connectivity index (χ1) is 12.1. The Hall–Kier alpha value is -1.43. The lowest BCUT2D eigenvalue weighted by molar-refractivity contribution is -0.134. The number of hydrogen-bond acceptors (Lipinski definition) is 4. The Morgan fingerprint density at radius 2 is 2.08 bits per heavy atom. The molecule has 3 unspecified atom stereocenters. The second-order valence-electron chi connectivity index (χ2n) is 7.30. The lowest BCUT2D eigenvalue weighted by Gasteiger charge is -2.35. The summed E-state index contributed by atoms with van der Waals surface area (Å²) in [5.74, 6) is 0.872. The van der Waals surface area contributed by atoms with E-state index in [4.69, 9.17) is 4.74 Å². The predicted octanol–water partition coefficient (Wildman–Crippen LogP) is 1.64. The molecule has 1 N–H and O–H groups in total. The van der Waals surface area contributed by atoms with Crippen molar-refractivity contribution in [3.8, 4) is 0 Å². The summed E-state index contributed by atoms with van der Waals surface area (Å²) in [7, 11) is 0. The fourth-order valence-corrected chi connectivity index (χ4v) is 3.73. The number of nitrogens with zero attached hydrogens (tertiary/aromatic N) is 2. The van der Waals surface area contributed by atoms with Gasteiger partial charge in [-0.2, -0.15) is 0 Å². The molecule has 0 spiro atoms. The van der Waals surface area contributed by atoms with E-state index in [1.54, 1.807) is 0 Å². The summed E-state index contributed by atoms with van der Waals surface area (Å²) in [6.45, 7) is 8.85. The first-order valence-electron chi connectivity index (χ1n) is 9.42. The van der Waals surface area contributed by atoms with Crippen LogP contribution in [-0.2, 0) is 9.53 Å². The maximum Gasteiger partial charge on any atom is 0.226 e. The molecule has 1 aliphatic carbocycles. The van der Waals surface area contributed by atoms with Crippen molar-refractivity contribution < 1.29 is 14.6 Å². The first kappa shape index (κ1) is 18.4. The van der Waals surface area contributed by atoms with Crippen molar-refractivity contribution in [1.29, 1.82) is 0 Å². The standard InChI is InChI=1S/C20H30N2O3/c1-3-25-14-17(23)13-21-7-9-22(10-8-21)20(24)19-12-18(19)16-6-4-5-15(2)11-16/h4-6,11,17-19,23H,3,7-10,12-14H2,1-2H3. The van der Waals surface area contributed by atoms with Gasteiger partial charge < -0.3 is 14.7 Å². The Labute approximate surface area is 150 Å². The third-order valence-corrected chi connectivity index (χ3v) is 5.25. The van der Waals surface area contributed by atoms with Crippen LogP contribution in [0.25, 0.3) is 0 Å². The monoisotopic (exact) mass is 346 g/mol. The molecular formula is C20H30N2O3. The topological polar surface area (TPSA) is 53.0 Å². The van der Waals surface area contributed by atoms with Crippen LogP contribution in [-0.4, -0.2) is 72.9 Å². The third-order valence-electron chi connectivity index (χ3n) is 5.25. The Bertz CT molecular complexity index is 584. The van der Waals surface area contributed by atoms with E-state index in [9.17, 15) is 9.90 Å². The van der Waals surface area contributed by atoms with Crippen molar-refractivity contribution in [1.82, 2.24) is 9.80 Å². The average molecular weight is 346 g/mol. The van der Waals surface area contributed by atoms with Crippen molar-refractivity contribution in [2.75, 3.05) is 45.9 Å². The van der Waals surface area contributed by atoms with Gasteiger partial charge in [0.05, 0.1) is 12.7 Å². The molecule has 3 rings (SSSR count). The summed E-state index contributed by atoms with van der Waals surface area (Å²) in [5, 5.41) is 9.94. The highest BCUT2D eigenvalue weighted by atomic mass is 16.5. The molecule has 1 aromatic rings. The third kappa shape index (κ3) is 4.81. The van der Waals surface area contributed by atoms with Crippen molar-refractivity contribution in [2.45, 2.75) is 32.3 Å². The molecule has 1 saturated carbocycles. The molecule has 0 aromatic heterocycles. The predicted molar refractivity (Wildman–Crippen MR) is 97.5 cm³/mol. The summed E-state index contributed by atoms with van der Waals surface area (Å²) in [4.78, 5) is 17.0. The highest BCUT2D eigenvalue weighted by molar-refractivity contribution is 5.83. The number of benzene rings is 1. The van der Waals surface area contributed by atoms with Gasteiger partial charge in [0.15, 0.2) is 0 Å². The molecule has 5 nitrogen and oxygen atoms in total. The number of piperazine rings is 1. The molecule has 1 aromatic carbocycles. The number of carbonyl (C=O) groups excluding carboxylic acids is 1. The maximum absolute atomic E-state index is 12.7. The van der Waals surface area contributed by atoms with Crippen LogP contribution in [0, 0.1) is 12.8 Å². The van der Waals surface area contributed by atoms with Gasteiger partial charge >= 0.3 is 0 Å². The number of carbonyl (C=O) groups is 1. The zero-order chi connectivity index (χ0) is 17.8. The second kappa shape index (κ2) is 8.30. The molecule has 5 heteroatoms. The van der Waals surface area contributed by atoms with Gasteiger partial charge in [-0.3, -0.25) is 9.69 Å². The molecule has 2 aliphatic rings. The Morgan fingerprint density at radius 1 is 1.32 bits per heavy atom. The lowest BCUT2D eigenvalue weighted by Crippen LogP contribution is -2.51. The van der Waals surface area contributed by atoms with E-state index in [1.807, 2.05) is 11.8 Å². The minimum Gasteiger partial charge on any atom is -0.389 e. The smallest absolute Gasteiger partial charge is 0.226 e. The van der Waals surface area contributed by atoms with E-state index in [0.717, 1.165) is 32.6 Å². The number of amides is 1. The maximum atomic E-state index is 12.7. The first-order valence-corrected chi connectivity index (χ1v) is 9.42. The van der Waals surface area contributed by atoms with Gasteiger partial charge in [0.1, 0.15) is 0 Å². The van der Waals surface area contributed by atoms with E-state index in [2.05, 4.69) is 36.1 Å². The quantitative estimate of drug-likeness (QED) is 0.815. The molecule has 0 radical (unpaired) electrons. The van der Waals surface area contributed by atoms with E-state index >= 15 is 0 Å². The summed E-state index contributed by atoms with van der Waals surface area (Å²) in [6.07, 6.45) is 0.534. The Morgan fingerprint density at radius 3 is 2.76 bits per heavy atom. The lowest BCUT2D eigenvalue weighted by atomic mass is 10.1. The van der Waals surface area contributed by atoms with E-state index in [1.165, 1.54) is 11.1 Å². The Kier molecular flexibility index (Phi) is 6.10. The van der Waals surface area contributed by atoms with Crippen molar-refractivity contribution in [2.24, 2.45) is 5.92 Å². The highest BCUT2D eigenvalue weighted by Crippen LogP contribution is 2.48. The molecule has 138 valence electrons. The largest absolute Gasteiger partial charge is 0.389 e. The molecule has 1 amide bonds. The van der Waals surface area contributed by atoms with E-state index in [0.29, 0.717) is 31.6 Å². The molecule has 25 heavy (non-hydrogen) atoms. The molecule has 3 atom stereocenters. The molecule has 2 fully saturated rings. The van der Waals surface area contributed by atoms with Crippen LogP contribution in [0.1, 0.15) is 30.4 Å².